The number of rotatable bonds is 4. The molecule has 1 amide bonds. The van der Waals surface area contributed by atoms with Crippen molar-refractivity contribution in [3.05, 3.63) is 35.9 Å². The highest BCUT2D eigenvalue weighted by atomic mass is 16.5. The van der Waals surface area contributed by atoms with E-state index in [0.29, 0.717) is 0 Å². The lowest BCUT2D eigenvalue weighted by Crippen LogP contribution is -2.48. The fourth-order valence-electron chi connectivity index (χ4n) is 1.81. The Kier molecular flexibility index (Phi) is 5.10. The largest absolute Gasteiger partial charge is 0.445 e. The van der Waals surface area contributed by atoms with Gasteiger partial charge in [0.2, 0.25) is 0 Å². The molecule has 0 aliphatic carbocycles. The molecular weight excluding hydrogens is 242 g/mol. The zero-order valence-corrected chi connectivity index (χ0v) is 11.9. The number of benzene rings is 1. The number of ketones is 1. The molecule has 1 unspecified atom stereocenters. The van der Waals surface area contributed by atoms with E-state index in [2.05, 4.69) is 5.32 Å². The SMILES string of the molecule is CC(=O)C(NC(=O)OCc1ccccc1)C(C)(C)C. The number of nitrogens with one attached hydrogen (secondary N) is 1. The summed E-state index contributed by atoms with van der Waals surface area (Å²) in [6, 6.07) is 8.86. The van der Waals surface area contributed by atoms with E-state index in [1.54, 1.807) is 0 Å². The number of hydrogen-bond acceptors (Lipinski definition) is 3. The number of Topliss-reactive ketones (excluding diaryl/α,β-unsaturated/α-hetero) is 1. The van der Waals surface area contributed by atoms with E-state index in [1.807, 2.05) is 51.1 Å². The molecule has 4 nitrogen and oxygen atoms in total. The standard InChI is InChI=1S/C15H21NO3/c1-11(17)13(15(2,3)4)16-14(18)19-10-12-8-6-5-7-9-12/h5-9,13H,10H2,1-4H3,(H,16,18). The van der Waals surface area contributed by atoms with Gasteiger partial charge in [-0.05, 0) is 17.9 Å². The maximum Gasteiger partial charge on any atom is 0.408 e. The van der Waals surface area contributed by atoms with Gasteiger partial charge in [-0.25, -0.2) is 4.79 Å². The molecule has 0 aliphatic heterocycles. The summed E-state index contributed by atoms with van der Waals surface area (Å²) in [5.74, 6) is -0.0795. The molecule has 0 saturated heterocycles. The lowest BCUT2D eigenvalue weighted by molar-refractivity contribution is -0.121. The molecule has 0 spiro atoms. The van der Waals surface area contributed by atoms with Gasteiger partial charge in [0.25, 0.3) is 0 Å². The van der Waals surface area contributed by atoms with Crippen LogP contribution in [-0.2, 0) is 16.1 Å². The van der Waals surface area contributed by atoms with E-state index in [1.165, 1.54) is 6.92 Å². The fraction of sp³-hybridized carbons (Fsp3) is 0.467. The first-order chi connectivity index (χ1) is 8.80. The molecule has 1 aromatic rings. The van der Waals surface area contributed by atoms with Gasteiger partial charge in [-0.15, -0.1) is 0 Å². The van der Waals surface area contributed by atoms with Crippen molar-refractivity contribution in [2.45, 2.75) is 40.3 Å². The fourth-order valence-corrected chi connectivity index (χ4v) is 1.81. The second-order valence-corrected chi connectivity index (χ2v) is 5.62. The van der Waals surface area contributed by atoms with Crippen molar-refractivity contribution in [2.75, 3.05) is 0 Å². The lowest BCUT2D eigenvalue weighted by Gasteiger charge is -2.28. The molecule has 1 N–H and O–H groups in total. The Bertz CT molecular complexity index is 434. The summed E-state index contributed by atoms with van der Waals surface area (Å²) in [5.41, 5.74) is 0.574. The van der Waals surface area contributed by atoms with Gasteiger partial charge in [-0.3, -0.25) is 4.79 Å². The molecule has 4 heteroatoms. The smallest absolute Gasteiger partial charge is 0.408 e. The summed E-state index contributed by atoms with van der Waals surface area (Å²) >= 11 is 0. The minimum atomic E-state index is -0.570. The van der Waals surface area contributed by atoms with Gasteiger partial charge >= 0.3 is 6.09 Å². The zero-order valence-electron chi connectivity index (χ0n) is 11.9. The number of alkyl carbamates (subject to hydrolysis) is 1. The van der Waals surface area contributed by atoms with Crippen LogP contribution in [0.3, 0.4) is 0 Å². The first-order valence-corrected chi connectivity index (χ1v) is 6.28. The molecule has 0 heterocycles. The van der Waals surface area contributed by atoms with Crippen LogP contribution in [0.5, 0.6) is 0 Å². The first-order valence-electron chi connectivity index (χ1n) is 6.28. The number of ether oxygens (including phenoxy) is 1. The summed E-state index contributed by atoms with van der Waals surface area (Å²) in [6.45, 7) is 7.36. The monoisotopic (exact) mass is 263 g/mol. The van der Waals surface area contributed by atoms with Crippen molar-refractivity contribution in [3.63, 3.8) is 0 Å². The Morgan fingerprint density at radius 1 is 1.21 bits per heavy atom. The maximum absolute atomic E-state index is 11.7. The minimum absolute atomic E-state index is 0.0795. The molecule has 0 bridgehead atoms. The van der Waals surface area contributed by atoms with Crippen LogP contribution < -0.4 is 5.32 Å². The highest BCUT2D eigenvalue weighted by Crippen LogP contribution is 2.20. The second kappa shape index (κ2) is 6.36. The highest BCUT2D eigenvalue weighted by molar-refractivity contribution is 5.86. The topological polar surface area (TPSA) is 55.4 Å². The Morgan fingerprint density at radius 2 is 1.79 bits per heavy atom. The van der Waals surface area contributed by atoms with E-state index < -0.39 is 12.1 Å². The molecule has 1 atom stereocenters. The van der Waals surface area contributed by atoms with Crippen LogP contribution in [0.1, 0.15) is 33.3 Å². The summed E-state index contributed by atoms with van der Waals surface area (Å²) in [6.07, 6.45) is -0.570. The maximum atomic E-state index is 11.7. The van der Waals surface area contributed by atoms with Crippen molar-refractivity contribution in [1.82, 2.24) is 5.32 Å². The molecule has 104 valence electrons. The summed E-state index contributed by atoms with van der Waals surface area (Å²) in [4.78, 5) is 23.2. The molecule has 0 fully saturated rings. The number of hydrogen-bond donors (Lipinski definition) is 1. The van der Waals surface area contributed by atoms with Gasteiger partial charge in [0.15, 0.2) is 5.78 Å². The molecule has 1 rings (SSSR count). The van der Waals surface area contributed by atoms with Crippen LogP contribution >= 0.6 is 0 Å². The summed E-state index contributed by atoms with van der Waals surface area (Å²) in [7, 11) is 0. The van der Waals surface area contributed by atoms with Crippen molar-refractivity contribution >= 4 is 11.9 Å². The number of carbonyl (C=O) groups is 2. The van der Waals surface area contributed by atoms with Crippen LogP contribution in [0.15, 0.2) is 30.3 Å². The Morgan fingerprint density at radius 3 is 2.26 bits per heavy atom. The van der Waals surface area contributed by atoms with Gasteiger partial charge in [-0.2, -0.15) is 0 Å². The molecule has 1 aromatic carbocycles. The van der Waals surface area contributed by atoms with Crippen LogP contribution in [0.25, 0.3) is 0 Å². The normalized spacial score (nSPS) is 12.6. The van der Waals surface area contributed by atoms with Crippen LogP contribution in [0.4, 0.5) is 4.79 Å². The van der Waals surface area contributed by atoms with Crippen molar-refractivity contribution < 1.29 is 14.3 Å². The first kappa shape index (κ1) is 15.2. The van der Waals surface area contributed by atoms with Gasteiger partial charge in [0, 0.05) is 0 Å². The summed E-state index contributed by atoms with van der Waals surface area (Å²) in [5, 5.41) is 2.62. The van der Waals surface area contributed by atoms with Crippen molar-refractivity contribution in [2.24, 2.45) is 5.41 Å². The van der Waals surface area contributed by atoms with Crippen LogP contribution in [-0.4, -0.2) is 17.9 Å². The second-order valence-electron chi connectivity index (χ2n) is 5.62. The predicted molar refractivity (Wildman–Crippen MR) is 73.7 cm³/mol. The third-order valence-corrected chi connectivity index (χ3v) is 2.75. The quantitative estimate of drug-likeness (QED) is 0.908. The highest BCUT2D eigenvalue weighted by Gasteiger charge is 2.30. The Labute approximate surface area is 114 Å². The van der Waals surface area contributed by atoms with Crippen LogP contribution in [0.2, 0.25) is 0 Å². The van der Waals surface area contributed by atoms with Gasteiger partial charge in [0.1, 0.15) is 6.61 Å². The third kappa shape index (κ3) is 5.12. The van der Waals surface area contributed by atoms with Gasteiger partial charge in [0.05, 0.1) is 6.04 Å². The van der Waals surface area contributed by atoms with E-state index in [9.17, 15) is 9.59 Å². The molecule has 0 aromatic heterocycles. The third-order valence-electron chi connectivity index (χ3n) is 2.75. The zero-order chi connectivity index (χ0) is 14.5. The minimum Gasteiger partial charge on any atom is -0.445 e. The summed E-state index contributed by atoms with van der Waals surface area (Å²) < 4.78 is 5.10. The molecular formula is C15H21NO3. The molecule has 0 aliphatic rings. The number of carbonyl (C=O) groups excluding carboxylic acids is 2. The average molecular weight is 263 g/mol. The van der Waals surface area contributed by atoms with E-state index >= 15 is 0 Å². The van der Waals surface area contributed by atoms with Crippen molar-refractivity contribution in [1.29, 1.82) is 0 Å². The lowest BCUT2D eigenvalue weighted by atomic mass is 9.85. The van der Waals surface area contributed by atoms with E-state index in [0.717, 1.165) is 5.56 Å². The Balaban J connectivity index is 2.52. The van der Waals surface area contributed by atoms with Crippen LogP contribution in [0, 0.1) is 5.41 Å². The average Bonchev–Trinajstić information content (AvgIpc) is 2.33. The van der Waals surface area contributed by atoms with Gasteiger partial charge < -0.3 is 10.1 Å². The molecule has 19 heavy (non-hydrogen) atoms. The van der Waals surface area contributed by atoms with E-state index in [4.69, 9.17) is 4.74 Å². The van der Waals surface area contributed by atoms with Crippen molar-refractivity contribution in [3.8, 4) is 0 Å². The molecule has 0 saturated carbocycles. The predicted octanol–water partition coefficient (Wildman–Crippen LogP) is 2.92. The van der Waals surface area contributed by atoms with Gasteiger partial charge in [-0.1, -0.05) is 51.1 Å². The number of amides is 1. The van der Waals surface area contributed by atoms with E-state index in [-0.39, 0.29) is 17.8 Å². The Hall–Kier alpha value is -1.84. The molecule has 0 radical (unpaired) electrons.